The van der Waals surface area contributed by atoms with Gasteiger partial charge in [0.05, 0.1) is 0 Å². The van der Waals surface area contributed by atoms with Crippen LogP contribution in [0.15, 0.2) is 36.5 Å². The van der Waals surface area contributed by atoms with Gasteiger partial charge in [0.15, 0.2) is 0 Å². The van der Waals surface area contributed by atoms with Gasteiger partial charge in [-0.05, 0) is 11.1 Å². The Morgan fingerprint density at radius 1 is 0.875 bits per heavy atom. The van der Waals surface area contributed by atoms with Crippen molar-refractivity contribution in [2.75, 3.05) is 0 Å². The fourth-order valence-corrected chi connectivity index (χ4v) is 2.45. The van der Waals surface area contributed by atoms with Crippen molar-refractivity contribution in [1.82, 2.24) is 0 Å². The Morgan fingerprint density at radius 3 is 1.31 bits per heavy atom. The van der Waals surface area contributed by atoms with Gasteiger partial charge in [-0.3, -0.25) is 0 Å². The fraction of sp³-hybridized carbons (Fsp3) is 0.533. The first kappa shape index (κ1) is 14.9. The average Bonchev–Trinajstić information content (AvgIpc) is 2.38. The molecule has 1 heteroatoms. The maximum absolute atomic E-state index is 8.18. The molecule has 1 N–H and O–H groups in total. The van der Waals surface area contributed by atoms with Crippen molar-refractivity contribution in [1.29, 1.82) is 5.41 Å². The molecule has 1 rings (SSSR count). The predicted octanol–water partition coefficient (Wildman–Crippen LogP) is 4.77. The lowest BCUT2D eigenvalue weighted by Gasteiger charge is -2.26. The molecule has 0 heterocycles. The van der Waals surface area contributed by atoms with Crippen molar-refractivity contribution in [3.05, 3.63) is 36.5 Å². The molecule has 0 aromatic heterocycles. The molecule has 0 unspecified atom stereocenters. The molecule has 0 atom stereocenters. The van der Waals surface area contributed by atoms with Crippen molar-refractivity contribution < 1.29 is 0 Å². The van der Waals surface area contributed by atoms with Crippen LogP contribution in [0.2, 0.25) is 0 Å². The number of hydrogen-bond acceptors (Lipinski definition) is 1. The summed E-state index contributed by atoms with van der Waals surface area (Å²) in [5, 5.41) is 8.18. The van der Waals surface area contributed by atoms with Crippen LogP contribution in [0, 0.1) is 16.2 Å². The molecule has 0 fully saturated rings. The molecular weight excluding hydrogens is 194 g/mol. The average molecular weight is 219 g/mol. The Bertz CT molecular complexity index is 308. The molecule has 0 amide bonds. The summed E-state index contributed by atoms with van der Waals surface area (Å²) in [7, 11) is 0. The smallest absolute Gasteiger partial charge is 0.0289 e. The van der Waals surface area contributed by atoms with E-state index in [4.69, 9.17) is 5.41 Å². The zero-order chi connectivity index (χ0) is 13.1. The van der Waals surface area contributed by atoms with Gasteiger partial charge in [-0.1, -0.05) is 66.9 Å². The van der Waals surface area contributed by atoms with Crippen molar-refractivity contribution in [3.63, 3.8) is 0 Å². The van der Waals surface area contributed by atoms with E-state index >= 15 is 0 Å². The van der Waals surface area contributed by atoms with Gasteiger partial charge in [0.2, 0.25) is 0 Å². The molecule has 1 nitrogen and oxygen atoms in total. The van der Waals surface area contributed by atoms with Crippen LogP contribution in [0.25, 0.3) is 0 Å². The normalized spacial score (nSPS) is 21.2. The van der Waals surface area contributed by atoms with E-state index in [1.165, 1.54) is 0 Å². The van der Waals surface area contributed by atoms with E-state index in [9.17, 15) is 0 Å². The second-order valence-corrected chi connectivity index (χ2v) is 4.86. The molecule has 0 aromatic rings. The summed E-state index contributed by atoms with van der Waals surface area (Å²) in [5.41, 5.74) is 2.63. The molecule has 0 aliphatic heterocycles. The van der Waals surface area contributed by atoms with Crippen LogP contribution in [-0.2, 0) is 0 Å². The minimum Gasteiger partial charge on any atom is -0.308 e. The maximum atomic E-state index is 8.18. The monoisotopic (exact) mass is 219 g/mol. The first-order valence-corrected chi connectivity index (χ1v) is 5.89. The highest BCUT2D eigenvalue weighted by atomic mass is 14.6. The molecule has 16 heavy (non-hydrogen) atoms. The third-order valence-corrected chi connectivity index (χ3v) is 3.30. The zero-order valence-electron chi connectivity index (χ0n) is 11.6. The van der Waals surface area contributed by atoms with Crippen LogP contribution < -0.4 is 0 Å². The largest absolute Gasteiger partial charge is 0.308 e. The van der Waals surface area contributed by atoms with Gasteiger partial charge in [0.1, 0.15) is 0 Å². The lowest BCUT2D eigenvalue weighted by atomic mass is 9.77. The third kappa shape index (κ3) is 1.91. The predicted molar refractivity (Wildman–Crippen MR) is 74.1 cm³/mol. The van der Waals surface area contributed by atoms with E-state index in [0.29, 0.717) is 0 Å². The summed E-state index contributed by atoms with van der Waals surface area (Å²) < 4.78 is 0. The van der Waals surface area contributed by atoms with Crippen molar-refractivity contribution in [2.24, 2.45) is 10.8 Å². The van der Waals surface area contributed by atoms with E-state index < -0.39 is 0 Å². The molecule has 90 valence electrons. The molecule has 1 aliphatic carbocycles. The fourth-order valence-electron chi connectivity index (χ4n) is 2.45. The highest BCUT2D eigenvalue weighted by Gasteiger charge is 2.46. The minimum atomic E-state index is -0.200. The van der Waals surface area contributed by atoms with E-state index in [2.05, 4.69) is 40.9 Å². The van der Waals surface area contributed by atoms with Crippen LogP contribution >= 0.6 is 0 Å². The third-order valence-electron chi connectivity index (χ3n) is 3.30. The van der Waals surface area contributed by atoms with Crippen LogP contribution in [0.4, 0.5) is 0 Å². The summed E-state index contributed by atoms with van der Waals surface area (Å²) in [6.07, 6.45) is 3.72. The van der Waals surface area contributed by atoms with Crippen LogP contribution in [0.5, 0.6) is 0 Å². The molecular formula is C15H25N. The van der Waals surface area contributed by atoms with E-state index in [1.54, 1.807) is 0 Å². The van der Waals surface area contributed by atoms with Crippen molar-refractivity contribution in [3.8, 4) is 0 Å². The Kier molecular flexibility index (Phi) is 4.48. The summed E-state index contributed by atoms with van der Waals surface area (Å²) in [6, 6.07) is 0. The van der Waals surface area contributed by atoms with Crippen molar-refractivity contribution in [2.45, 2.75) is 41.5 Å². The second-order valence-electron chi connectivity index (χ2n) is 4.86. The Labute approximate surface area is 100 Å². The minimum absolute atomic E-state index is 0.200. The number of allylic oxidation sites excluding steroid dienone is 4. The Balaban J connectivity index is 0.00000106. The zero-order valence-corrected chi connectivity index (χ0v) is 11.6. The Hall–Kier alpha value is -1.11. The molecule has 0 saturated heterocycles. The first-order valence-electron chi connectivity index (χ1n) is 5.89. The van der Waals surface area contributed by atoms with Gasteiger partial charge in [-0.2, -0.15) is 0 Å². The van der Waals surface area contributed by atoms with Crippen LogP contribution in [-0.4, -0.2) is 5.71 Å². The van der Waals surface area contributed by atoms with Gasteiger partial charge in [-0.15, -0.1) is 0 Å². The van der Waals surface area contributed by atoms with E-state index in [-0.39, 0.29) is 10.8 Å². The van der Waals surface area contributed by atoms with Gasteiger partial charge in [-0.25, -0.2) is 0 Å². The number of nitrogens with one attached hydrogen (secondary N) is 1. The van der Waals surface area contributed by atoms with Crippen LogP contribution in [0.1, 0.15) is 41.5 Å². The number of rotatable bonds is 2. The quantitative estimate of drug-likeness (QED) is 0.692. The van der Waals surface area contributed by atoms with Gasteiger partial charge in [0, 0.05) is 16.5 Å². The lowest BCUT2D eigenvalue weighted by Crippen LogP contribution is -2.29. The molecule has 0 spiro atoms. The lowest BCUT2D eigenvalue weighted by molar-refractivity contribution is 0.586. The highest BCUT2D eigenvalue weighted by Crippen LogP contribution is 2.50. The van der Waals surface area contributed by atoms with Gasteiger partial charge in [0.25, 0.3) is 0 Å². The van der Waals surface area contributed by atoms with Gasteiger partial charge >= 0.3 is 0 Å². The number of hydrogen-bond donors (Lipinski definition) is 1. The summed E-state index contributed by atoms with van der Waals surface area (Å²) in [5.74, 6) is 0. The molecule has 0 aromatic carbocycles. The molecule has 0 saturated carbocycles. The maximum Gasteiger partial charge on any atom is 0.0289 e. The summed E-state index contributed by atoms with van der Waals surface area (Å²) >= 11 is 0. The standard InChI is InChI=1S/C13H19N.C2H6/c1-7-9-10(8-2)13(5,6)11(14)12(9,3)4;1-2/h7-8,14H,1-2H2,3-6H3;1-2H3. The molecule has 1 aliphatic rings. The SMILES string of the molecule is C=CC1=C(C=C)C(C)(C)C(=N)C1(C)C.CC. The first-order chi connectivity index (χ1) is 7.30. The molecule has 0 bridgehead atoms. The van der Waals surface area contributed by atoms with Gasteiger partial charge < -0.3 is 5.41 Å². The van der Waals surface area contributed by atoms with E-state index in [0.717, 1.165) is 16.9 Å². The Morgan fingerprint density at radius 2 is 1.12 bits per heavy atom. The van der Waals surface area contributed by atoms with Crippen molar-refractivity contribution >= 4 is 5.71 Å². The summed E-state index contributed by atoms with van der Waals surface area (Å²) in [6.45, 7) is 20.0. The topological polar surface area (TPSA) is 23.9 Å². The summed E-state index contributed by atoms with van der Waals surface area (Å²) in [4.78, 5) is 0. The second kappa shape index (κ2) is 4.82. The van der Waals surface area contributed by atoms with E-state index in [1.807, 2.05) is 26.0 Å². The highest BCUT2D eigenvalue weighted by molar-refractivity contribution is 6.01. The van der Waals surface area contributed by atoms with Crippen LogP contribution in [0.3, 0.4) is 0 Å². The molecule has 0 radical (unpaired) electrons.